The van der Waals surface area contributed by atoms with Gasteiger partial charge in [-0.2, -0.15) is 0 Å². The zero-order valence-electron chi connectivity index (χ0n) is 11.9. The Labute approximate surface area is 113 Å². The molecule has 1 aliphatic rings. The van der Waals surface area contributed by atoms with Gasteiger partial charge in [0.05, 0.1) is 23.5 Å². The van der Waals surface area contributed by atoms with Crippen LogP contribution in [0.25, 0.3) is 0 Å². The number of carbonyl (C=O) groups is 1. The average molecular weight is 265 g/mol. The predicted molar refractivity (Wildman–Crippen MR) is 72.5 cm³/mol. The number of carbonyl (C=O) groups excluding carboxylic acids is 1. The van der Waals surface area contributed by atoms with Crippen molar-refractivity contribution in [1.29, 1.82) is 0 Å². The molecule has 2 rings (SSSR count). The summed E-state index contributed by atoms with van der Waals surface area (Å²) in [5.41, 5.74) is 0.803. The van der Waals surface area contributed by atoms with E-state index in [-0.39, 0.29) is 17.5 Å². The Kier molecular flexibility index (Phi) is 4.19. The number of rotatable bonds is 3. The van der Waals surface area contributed by atoms with Gasteiger partial charge < -0.3 is 10.6 Å². The summed E-state index contributed by atoms with van der Waals surface area (Å²) in [6.07, 6.45) is 4.95. The smallest absolute Gasteiger partial charge is 0.237 e. The van der Waals surface area contributed by atoms with Crippen molar-refractivity contribution >= 4 is 5.91 Å². The maximum absolute atomic E-state index is 11.8. The molecule has 1 saturated heterocycles. The van der Waals surface area contributed by atoms with Crippen LogP contribution in [-0.4, -0.2) is 33.5 Å². The third-order valence-electron chi connectivity index (χ3n) is 3.29. The van der Waals surface area contributed by atoms with Gasteiger partial charge in [-0.1, -0.05) is 5.21 Å². The maximum atomic E-state index is 11.8. The van der Waals surface area contributed by atoms with Gasteiger partial charge >= 0.3 is 0 Å². The van der Waals surface area contributed by atoms with Gasteiger partial charge in [0.2, 0.25) is 5.91 Å². The summed E-state index contributed by atoms with van der Waals surface area (Å²) in [6, 6.07) is -0.109. The molecule has 0 radical (unpaired) electrons. The first-order valence-corrected chi connectivity index (χ1v) is 6.89. The van der Waals surface area contributed by atoms with E-state index in [0.29, 0.717) is 6.54 Å². The Balaban J connectivity index is 1.91. The number of amides is 1. The molecule has 1 atom stereocenters. The second kappa shape index (κ2) is 5.69. The Morgan fingerprint density at radius 1 is 1.47 bits per heavy atom. The summed E-state index contributed by atoms with van der Waals surface area (Å²) in [4.78, 5) is 11.8. The Morgan fingerprint density at radius 3 is 2.95 bits per heavy atom. The quantitative estimate of drug-likeness (QED) is 0.847. The van der Waals surface area contributed by atoms with E-state index in [1.165, 1.54) is 0 Å². The molecule has 106 valence electrons. The van der Waals surface area contributed by atoms with Gasteiger partial charge in [-0.25, -0.2) is 4.68 Å². The monoisotopic (exact) mass is 265 g/mol. The van der Waals surface area contributed by atoms with Crippen molar-refractivity contribution in [3.8, 4) is 0 Å². The molecule has 0 aromatic carbocycles. The van der Waals surface area contributed by atoms with Crippen LogP contribution in [0.3, 0.4) is 0 Å². The van der Waals surface area contributed by atoms with Crippen LogP contribution in [-0.2, 0) is 16.9 Å². The van der Waals surface area contributed by atoms with Gasteiger partial charge in [-0.15, -0.1) is 5.10 Å². The van der Waals surface area contributed by atoms with Gasteiger partial charge in [-0.3, -0.25) is 4.79 Å². The second-order valence-corrected chi connectivity index (χ2v) is 6.05. The van der Waals surface area contributed by atoms with Crippen molar-refractivity contribution in [2.75, 3.05) is 6.54 Å². The summed E-state index contributed by atoms with van der Waals surface area (Å²) < 4.78 is 1.84. The van der Waals surface area contributed by atoms with Crippen LogP contribution >= 0.6 is 0 Å². The molecule has 0 aliphatic carbocycles. The predicted octanol–water partition coefficient (Wildman–Crippen LogP) is 0.791. The van der Waals surface area contributed by atoms with E-state index in [9.17, 15) is 4.79 Å². The Hall–Kier alpha value is -1.43. The molecular formula is C13H23N5O. The normalized spacial score (nSPS) is 21.0. The Morgan fingerprint density at radius 2 is 2.26 bits per heavy atom. The highest BCUT2D eigenvalue weighted by atomic mass is 16.2. The molecular weight excluding hydrogens is 242 g/mol. The third-order valence-corrected chi connectivity index (χ3v) is 3.29. The fraction of sp³-hybridized carbons (Fsp3) is 0.769. The largest absolute Gasteiger partial charge is 0.355 e. The first-order chi connectivity index (χ1) is 8.97. The standard InChI is InChI=1S/C13H23N5O/c1-13(2,3)18-9-10(16-17-18)8-15-11-6-4-5-7-14-12(11)19/h9,11,15H,4-8H2,1-3H3,(H,14,19). The molecule has 2 heterocycles. The fourth-order valence-electron chi connectivity index (χ4n) is 2.07. The minimum Gasteiger partial charge on any atom is -0.355 e. The van der Waals surface area contributed by atoms with E-state index in [1.807, 2.05) is 10.9 Å². The van der Waals surface area contributed by atoms with Crippen LogP contribution in [0.5, 0.6) is 0 Å². The second-order valence-electron chi connectivity index (χ2n) is 6.05. The van der Waals surface area contributed by atoms with Crippen LogP contribution < -0.4 is 10.6 Å². The van der Waals surface area contributed by atoms with Gasteiger partial charge in [-0.05, 0) is 40.0 Å². The van der Waals surface area contributed by atoms with E-state index in [0.717, 1.165) is 31.5 Å². The first kappa shape index (κ1) is 14.0. The first-order valence-electron chi connectivity index (χ1n) is 6.89. The molecule has 2 N–H and O–H groups in total. The summed E-state index contributed by atoms with van der Waals surface area (Å²) in [7, 11) is 0. The lowest BCUT2D eigenvalue weighted by atomic mass is 10.1. The molecule has 6 nitrogen and oxygen atoms in total. The topological polar surface area (TPSA) is 71.8 Å². The van der Waals surface area contributed by atoms with E-state index >= 15 is 0 Å². The van der Waals surface area contributed by atoms with E-state index < -0.39 is 0 Å². The van der Waals surface area contributed by atoms with Crippen molar-refractivity contribution in [2.24, 2.45) is 0 Å². The highest BCUT2D eigenvalue weighted by Gasteiger charge is 2.21. The third kappa shape index (κ3) is 3.76. The molecule has 19 heavy (non-hydrogen) atoms. The van der Waals surface area contributed by atoms with Crippen LogP contribution in [0.15, 0.2) is 6.20 Å². The molecule has 6 heteroatoms. The van der Waals surface area contributed by atoms with Crippen LogP contribution in [0.4, 0.5) is 0 Å². The molecule has 1 unspecified atom stereocenters. The number of nitrogens with zero attached hydrogens (tertiary/aromatic N) is 3. The summed E-state index contributed by atoms with van der Waals surface area (Å²) in [5.74, 6) is 0.0979. The van der Waals surface area contributed by atoms with Crippen molar-refractivity contribution < 1.29 is 4.79 Å². The van der Waals surface area contributed by atoms with Crippen LogP contribution in [0, 0.1) is 0 Å². The molecule has 0 spiro atoms. The number of hydrogen-bond acceptors (Lipinski definition) is 4. The van der Waals surface area contributed by atoms with Gasteiger partial charge in [0.15, 0.2) is 0 Å². The van der Waals surface area contributed by atoms with Crippen LogP contribution in [0.2, 0.25) is 0 Å². The molecule has 1 aromatic heterocycles. The lowest BCUT2D eigenvalue weighted by Crippen LogP contribution is -2.42. The van der Waals surface area contributed by atoms with Crippen molar-refractivity contribution in [3.63, 3.8) is 0 Å². The lowest BCUT2D eigenvalue weighted by molar-refractivity contribution is -0.122. The van der Waals surface area contributed by atoms with Gasteiger partial charge in [0, 0.05) is 13.1 Å². The van der Waals surface area contributed by atoms with Crippen molar-refractivity contribution in [2.45, 2.75) is 58.2 Å². The Bertz CT molecular complexity index is 434. The molecule has 1 fully saturated rings. The minimum atomic E-state index is -0.109. The average Bonchev–Trinajstić information content (AvgIpc) is 2.72. The number of nitrogens with one attached hydrogen (secondary N) is 2. The van der Waals surface area contributed by atoms with Crippen molar-refractivity contribution in [3.05, 3.63) is 11.9 Å². The number of hydrogen-bond donors (Lipinski definition) is 2. The maximum Gasteiger partial charge on any atom is 0.237 e. The fourth-order valence-corrected chi connectivity index (χ4v) is 2.07. The van der Waals surface area contributed by atoms with E-state index in [4.69, 9.17) is 0 Å². The van der Waals surface area contributed by atoms with Gasteiger partial charge in [0.1, 0.15) is 0 Å². The summed E-state index contributed by atoms with van der Waals surface area (Å²) in [5, 5.41) is 14.4. The lowest BCUT2D eigenvalue weighted by Gasteiger charge is -2.17. The summed E-state index contributed by atoms with van der Waals surface area (Å²) in [6.45, 7) is 7.61. The van der Waals surface area contributed by atoms with Gasteiger partial charge in [0.25, 0.3) is 0 Å². The molecule has 1 aliphatic heterocycles. The SMILES string of the molecule is CC(C)(C)n1cc(CNC2CCCCNC2=O)nn1. The van der Waals surface area contributed by atoms with Crippen molar-refractivity contribution in [1.82, 2.24) is 25.6 Å². The molecule has 1 aromatic rings. The molecule has 0 saturated carbocycles. The highest BCUT2D eigenvalue weighted by molar-refractivity contribution is 5.81. The van der Waals surface area contributed by atoms with Crippen LogP contribution in [0.1, 0.15) is 45.7 Å². The van der Waals surface area contributed by atoms with E-state index in [1.54, 1.807) is 0 Å². The molecule has 0 bridgehead atoms. The summed E-state index contributed by atoms with van der Waals surface area (Å²) >= 11 is 0. The van der Waals surface area contributed by atoms with E-state index in [2.05, 4.69) is 41.7 Å². The highest BCUT2D eigenvalue weighted by Crippen LogP contribution is 2.12. The zero-order chi connectivity index (χ0) is 13.9. The molecule has 1 amide bonds. The minimum absolute atomic E-state index is 0.0645. The zero-order valence-corrected chi connectivity index (χ0v) is 11.9. The number of aromatic nitrogens is 3.